The summed E-state index contributed by atoms with van der Waals surface area (Å²) in [6, 6.07) is 11.1. The molecule has 2 fully saturated rings. The van der Waals surface area contributed by atoms with Gasteiger partial charge in [-0.3, -0.25) is 4.79 Å². The van der Waals surface area contributed by atoms with Crippen LogP contribution < -0.4 is 10.2 Å². The minimum absolute atomic E-state index is 0.114. The number of carbonyl (C=O) groups excluding carboxylic acids is 1. The van der Waals surface area contributed by atoms with Gasteiger partial charge in [-0.25, -0.2) is 0 Å². The third-order valence-electron chi connectivity index (χ3n) is 6.93. The minimum atomic E-state index is 0.114. The van der Waals surface area contributed by atoms with Crippen LogP contribution in [0.3, 0.4) is 0 Å². The Morgan fingerprint density at radius 1 is 1.07 bits per heavy atom. The summed E-state index contributed by atoms with van der Waals surface area (Å²) in [6.07, 6.45) is 4.40. The van der Waals surface area contributed by atoms with E-state index in [-0.39, 0.29) is 23.9 Å². The van der Waals surface area contributed by atoms with Crippen molar-refractivity contribution < 1.29 is 14.4 Å². The summed E-state index contributed by atoms with van der Waals surface area (Å²) < 4.78 is 5.57. The summed E-state index contributed by atoms with van der Waals surface area (Å²) in [5.74, 6) is 1.18. The molecule has 1 aliphatic heterocycles. The minimum Gasteiger partial charge on any atom is -0.370 e. The molecule has 1 heterocycles. The number of hydrogen-bond acceptors (Lipinski definition) is 2. The summed E-state index contributed by atoms with van der Waals surface area (Å²) in [5.41, 5.74) is 1.66. The zero-order chi connectivity index (χ0) is 20.1. The first kappa shape index (κ1) is 21.3. The topological polar surface area (TPSA) is 42.8 Å². The van der Waals surface area contributed by atoms with Crippen LogP contribution >= 0.6 is 0 Å². The number of carbonyl (C=O) groups is 1. The van der Waals surface area contributed by atoms with E-state index in [0.717, 1.165) is 45.1 Å². The molecule has 1 amide bonds. The van der Waals surface area contributed by atoms with Crippen molar-refractivity contribution in [1.82, 2.24) is 5.32 Å². The highest BCUT2D eigenvalue weighted by Crippen LogP contribution is 2.39. The normalized spacial score (nSPS) is 26.4. The van der Waals surface area contributed by atoms with Gasteiger partial charge in [-0.1, -0.05) is 51.1 Å². The standard InChI is InChI=1S/C24H38N2O2/c1-18(25-23(27)20-10-12-21(13-11-20)24(2,3)4)22(19-8-6-5-7-9-19)26-14-16-28-17-15-26/h5-9,18,20-22H,10-17H2,1-4H3,(H,25,27)/p+1/t18-,20?,21?,22-/m0/s1. The summed E-state index contributed by atoms with van der Waals surface area (Å²) in [6.45, 7) is 12.8. The van der Waals surface area contributed by atoms with Crippen molar-refractivity contribution in [2.24, 2.45) is 17.3 Å². The maximum absolute atomic E-state index is 13.0. The highest BCUT2D eigenvalue weighted by molar-refractivity contribution is 5.79. The van der Waals surface area contributed by atoms with Crippen molar-refractivity contribution in [3.63, 3.8) is 0 Å². The molecule has 2 N–H and O–H groups in total. The van der Waals surface area contributed by atoms with Crippen molar-refractivity contribution in [3.05, 3.63) is 35.9 Å². The van der Waals surface area contributed by atoms with E-state index in [4.69, 9.17) is 4.74 Å². The van der Waals surface area contributed by atoms with Crippen molar-refractivity contribution in [3.8, 4) is 0 Å². The molecule has 0 radical (unpaired) electrons. The second kappa shape index (κ2) is 9.41. The van der Waals surface area contributed by atoms with Crippen molar-refractivity contribution in [2.75, 3.05) is 26.3 Å². The number of hydrogen-bond donors (Lipinski definition) is 2. The Labute approximate surface area is 171 Å². The maximum atomic E-state index is 13.0. The maximum Gasteiger partial charge on any atom is 0.223 e. The van der Waals surface area contributed by atoms with Crippen molar-refractivity contribution in [1.29, 1.82) is 0 Å². The monoisotopic (exact) mass is 387 g/mol. The molecule has 156 valence electrons. The Balaban J connectivity index is 1.63. The molecule has 3 rings (SSSR count). The van der Waals surface area contributed by atoms with E-state index in [1.54, 1.807) is 0 Å². The van der Waals surface area contributed by atoms with Gasteiger partial charge in [0.15, 0.2) is 0 Å². The average Bonchev–Trinajstić information content (AvgIpc) is 2.69. The van der Waals surface area contributed by atoms with E-state index in [2.05, 4.69) is 63.3 Å². The third-order valence-corrected chi connectivity index (χ3v) is 6.93. The molecule has 2 aliphatic rings. The first-order valence-electron chi connectivity index (χ1n) is 11.1. The van der Waals surface area contributed by atoms with Crippen LogP contribution in [0.1, 0.15) is 65.0 Å². The molecule has 2 atom stereocenters. The van der Waals surface area contributed by atoms with Gasteiger partial charge in [-0.05, 0) is 43.9 Å². The molecule has 1 aromatic carbocycles. The van der Waals surface area contributed by atoms with Crippen LogP contribution in [0.25, 0.3) is 0 Å². The van der Waals surface area contributed by atoms with Gasteiger partial charge in [-0.15, -0.1) is 0 Å². The molecule has 0 unspecified atom stereocenters. The predicted molar refractivity (Wildman–Crippen MR) is 113 cm³/mol. The van der Waals surface area contributed by atoms with E-state index >= 15 is 0 Å². The first-order valence-corrected chi connectivity index (χ1v) is 11.1. The Morgan fingerprint density at radius 3 is 2.25 bits per heavy atom. The number of amides is 1. The van der Waals surface area contributed by atoms with Crippen LogP contribution in [-0.4, -0.2) is 38.3 Å². The van der Waals surface area contributed by atoms with Crippen LogP contribution in [0.4, 0.5) is 0 Å². The van der Waals surface area contributed by atoms with Gasteiger partial charge in [0.25, 0.3) is 0 Å². The molecule has 28 heavy (non-hydrogen) atoms. The smallest absolute Gasteiger partial charge is 0.223 e. The predicted octanol–water partition coefficient (Wildman–Crippen LogP) is 3.00. The lowest BCUT2D eigenvalue weighted by Crippen LogP contribution is -3.15. The summed E-state index contributed by atoms with van der Waals surface area (Å²) in [5, 5.41) is 3.40. The van der Waals surface area contributed by atoms with Crippen LogP contribution in [0, 0.1) is 17.3 Å². The van der Waals surface area contributed by atoms with Gasteiger partial charge >= 0.3 is 0 Å². The Bertz CT molecular complexity index is 611. The fourth-order valence-electron chi connectivity index (χ4n) is 5.13. The van der Waals surface area contributed by atoms with E-state index in [1.165, 1.54) is 23.3 Å². The van der Waals surface area contributed by atoms with Crippen LogP contribution in [0.15, 0.2) is 30.3 Å². The number of quaternary nitrogens is 1. The first-order chi connectivity index (χ1) is 13.4. The molecule has 0 spiro atoms. The summed E-state index contributed by atoms with van der Waals surface area (Å²) >= 11 is 0. The second-order valence-electron chi connectivity index (χ2n) is 9.87. The molecule has 1 saturated carbocycles. The lowest BCUT2D eigenvalue weighted by atomic mass is 9.69. The lowest BCUT2D eigenvalue weighted by Gasteiger charge is -2.38. The highest BCUT2D eigenvalue weighted by Gasteiger charge is 2.36. The Hall–Kier alpha value is -1.39. The van der Waals surface area contributed by atoms with E-state index in [9.17, 15) is 4.79 Å². The van der Waals surface area contributed by atoms with Crippen LogP contribution in [0.2, 0.25) is 0 Å². The molecule has 0 aromatic heterocycles. The molecular formula is C24H39N2O2+. The van der Waals surface area contributed by atoms with Crippen molar-refractivity contribution in [2.45, 2.75) is 65.5 Å². The highest BCUT2D eigenvalue weighted by atomic mass is 16.5. The number of benzene rings is 1. The van der Waals surface area contributed by atoms with Gasteiger partial charge in [0, 0.05) is 11.5 Å². The fourth-order valence-corrected chi connectivity index (χ4v) is 5.13. The largest absolute Gasteiger partial charge is 0.370 e. The average molecular weight is 388 g/mol. The van der Waals surface area contributed by atoms with Crippen LogP contribution in [0.5, 0.6) is 0 Å². The Morgan fingerprint density at radius 2 is 1.68 bits per heavy atom. The lowest BCUT2D eigenvalue weighted by molar-refractivity contribution is -0.940. The third kappa shape index (κ3) is 5.36. The summed E-state index contributed by atoms with van der Waals surface area (Å²) in [7, 11) is 0. The van der Waals surface area contributed by atoms with Gasteiger partial charge in [-0.2, -0.15) is 0 Å². The van der Waals surface area contributed by atoms with Gasteiger partial charge < -0.3 is 15.0 Å². The van der Waals surface area contributed by atoms with E-state index in [0.29, 0.717) is 5.41 Å². The molecule has 1 saturated heterocycles. The fraction of sp³-hybridized carbons (Fsp3) is 0.708. The number of ether oxygens (including phenoxy) is 1. The molecule has 0 bridgehead atoms. The molecule has 4 heteroatoms. The van der Waals surface area contributed by atoms with Gasteiger partial charge in [0.2, 0.25) is 5.91 Å². The van der Waals surface area contributed by atoms with Gasteiger partial charge in [0.1, 0.15) is 19.1 Å². The quantitative estimate of drug-likeness (QED) is 0.816. The van der Waals surface area contributed by atoms with Crippen molar-refractivity contribution >= 4 is 5.91 Å². The molecular weight excluding hydrogens is 348 g/mol. The number of morpholine rings is 1. The van der Waals surface area contributed by atoms with Crippen LogP contribution in [-0.2, 0) is 9.53 Å². The van der Waals surface area contributed by atoms with E-state index in [1.807, 2.05) is 0 Å². The summed E-state index contributed by atoms with van der Waals surface area (Å²) in [4.78, 5) is 14.6. The zero-order valence-corrected chi connectivity index (χ0v) is 18.2. The van der Waals surface area contributed by atoms with E-state index < -0.39 is 0 Å². The van der Waals surface area contributed by atoms with Gasteiger partial charge in [0.05, 0.1) is 19.3 Å². The second-order valence-corrected chi connectivity index (χ2v) is 9.87. The molecule has 4 nitrogen and oxygen atoms in total. The molecule has 1 aliphatic carbocycles. The SMILES string of the molecule is C[C@H](NC(=O)C1CCC(C(C)(C)C)CC1)[C@@H](c1ccccc1)[NH+]1CCOCC1. The molecule has 1 aromatic rings. The number of nitrogens with one attached hydrogen (secondary N) is 2. The Kier molecular flexibility index (Phi) is 7.16. The number of rotatable bonds is 5. The zero-order valence-electron chi connectivity index (χ0n) is 18.2.